The SMILES string of the molecule is NNC(c1cccc(I)c1)c1cccc(F)c1F. The number of hydrogen-bond donors (Lipinski definition) is 2. The van der Waals surface area contributed by atoms with Crippen molar-refractivity contribution in [2.24, 2.45) is 5.84 Å². The second kappa shape index (κ2) is 5.73. The monoisotopic (exact) mass is 360 g/mol. The molecular weight excluding hydrogens is 349 g/mol. The lowest BCUT2D eigenvalue weighted by Crippen LogP contribution is -2.29. The van der Waals surface area contributed by atoms with Crippen LogP contribution in [0.15, 0.2) is 42.5 Å². The van der Waals surface area contributed by atoms with E-state index >= 15 is 0 Å². The summed E-state index contributed by atoms with van der Waals surface area (Å²) in [4.78, 5) is 0. The molecule has 0 spiro atoms. The molecular formula is C13H11F2IN2. The molecule has 0 amide bonds. The van der Waals surface area contributed by atoms with Crippen molar-refractivity contribution in [1.29, 1.82) is 0 Å². The standard InChI is InChI=1S/C13H11F2IN2/c14-11-6-2-5-10(12(11)15)13(18-17)8-3-1-4-9(16)7-8/h1-7,13,18H,17H2. The molecule has 0 aliphatic rings. The first-order chi connectivity index (χ1) is 8.63. The Labute approximate surface area is 117 Å². The maximum absolute atomic E-state index is 13.8. The van der Waals surface area contributed by atoms with Gasteiger partial charge in [0.15, 0.2) is 11.6 Å². The average Bonchev–Trinajstić information content (AvgIpc) is 2.35. The van der Waals surface area contributed by atoms with E-state index in [4.69, 9.17) is 5.84 Å². The molecule has 0 saturated carbocycles. The fraction of sp³-hybridized carbons (Fsp3) is 0.0769. The fourth-order valence-corrected chi connectivity index (χ4v) is 2.36. The number of hydrogen-bond acceptors (Lipinski definition) is 2. The Hall–Kier alpha value is -1.05. The van der Waals surface area contributed by atoms with Gasteiger partial charge in [-0.15, -0.1) is 0 Å². The maximum Gasteiger partial charge on any atom is 0.163 e. The van der Waals surface area contributed by atoms with Crippen LogP contribution in [0.5, 0.6) is 0 Å². The van der Waals surface area contributed by atoms with Gasteiger partial charge in [-0.2, -0.15) is 0 Å². The zero-order valence-electron chi connectivity index (χ0n) is 9.33. The molecule has 0 bridgehead atoms. The molecule has 3 N–H and O–H groups in total. The molecule has 0 aromatic heterocycles. The van der Waals surface area contributed by atoms with Crippen LogP contribution in [0.2, 0.25) is 0 Å². The summed E-state index contributed by atoms with van der Waals surface area (Å²) >= 11 is 2.15. The lowest BCUT2D eigenvalue weighted by atomic mass is 9.99. The van der Waals surface area contributed by atoms with E-state index in [-0.39, 0.29) is 5.56 Å². The van der Waals surface area contributed by atoms with Gasteiger partial charge in [0, 0.05) is 9.13 Å². The molecule has 0 heterocycles. The minimum absolute atomic E-state index is 0.194. The molecule has 0 fully saturated rings. The highest BCUT2D eigenvalue weighted by atomic mass is 127. The molecule has 1 atom stereocenters. The van der Waals surface area contributed by atoms with Gasteiger partial charge in [0.05, 0.1) is 6.04 Å². The number of benzene rings is 2. The third-order valence-electron chi connectivity index (χ3n) is 2.64. The molecule has 2 rings (SSSR count). The van der Waals surface area contributed by atoms with E-state index in [2.05, 4.69) is 28.0 Å². The maximum atomic E-state index is 13.8. The molecule has 2 aromatic rings. The van der Waals surface area contributed by atoms with Gasteiger partial charge in [0.1, 0.15) is 0 Å². The number of hydrazine groups is 1. The fourth-order valence-electron chi connectivity index (χ4n) is 1.80. The third-order valence-corrected chi connectivity index (χ3v) is 3.31. The van der Waals surface area contributed by atoms with Gasteiger partial charge in [-0.25, -0.2) is 14.2 Å². The van der Waals surface area contributed by atoms with Crippen LogP contribution in [0, 0.1) is 15.2 Å². The minimum Gasteiger partial charge on any atom is -0.271 e. The van der Waals surface area contributed by atoms with Crippen molar-refractivity contribution in [2.45, 2.75) is 6.04 Å². The summed E-state index contributed by atoms with van der Waals surface area (Å²) in [6, 6.07) is 10.9. The number of nitrogens with one attached hydrogen (secondary N) is 1. The molecule has 0 aliphatic heterocycles. The highest BCUT2D eigenvalue weighted by Gasteiger charge is 2.18. The second-order valence-electron chi connectivity index (χ2n) is 3.80. The molecule has 5 heteroatoms. The van der Waals surface area contributed by atoms with Crippen molar-refractivity contribution < 1.29 is 8.78 Å². The van der Waals surface area contributed by atoms with Crippen LogP contribution < -0.4 is 11.3 Å². The predicted octanol–water partition coefficient (Wildman–Crippen LogP) is 3.12. The molecule has 0 radical (unpaired) electrons. The first-order valence-corrected chi connectivity index (χ1v) is 6.37. The van der Waals surface area contributed by atoms with Crippen LogP contribution in [-0.4, -0.2) is 0 Å². The number of halogens is 3. The first kappa shape index (κ1) is 13.4. The number of nitrogens with two attached hydrogens (primary N) is 1. The van der Waals surface area contributed by atoms with Gasteiger partial charge >= 0.3 is 0 Å². The third kappa shape index (κ3) is 2.68. The molecule has 2 aromatic carbocycles. The van der Waals surface area contributed by atoms with Gasteiger partial charge < -0.3 is 0 Å². The Morgan fingerprint density at radius 3 is 2.50 bits per heavy atom. The molecule has 94 valence electrons. The highest BCUT2D eigenvalue weighted by Crippen LogP contribution is 2.25. The first-order valence-electron chi connectivity index (χ1n) is 5.29. The van der Waals surface area contributed by atoms with E-state index in [1.54, 1.807) is 0 Å². The van der Waals surface area contributed by atoms with Gasteiger partial charge in [-0.3, -0.25) is 5.84 Å². The summed E-state index contributed by atoms with van der Waals surface area (Å²) in [7, 11) is 0. The summed E-state index contributed by atoms with van der Waals surface area (Å²) in [6.07, 6.45) is 0. The summed E-state index contributed by atoms with van der Waals surface area (Å²) in [6.45, 7) is 0. The molecule has 2 nitrogen and oxygen atoms in total. The van der Waals surface area contributed by atoms with Gasteiger partial charge in [-0.05, 0) is 46.4 Å². The minimum atomic E-state index is -0.877. The normalized spacial score (nSPS) is 12.4. The Bertz CT molecular complexity index is 560. The van der Waals surface area contributed by atoms with Crippen molar-refractivity contribution in [3.05, 3.63) is 68.8 Å². The summed E-state index contributed by atoms with van der Waals surface area (Å²) in [5.41, 5.74) is 3.50. The van der Waals surface area contributed by atoms with Crippen LogP contribution in [0.3, 0.4) is 0 Å². The summed E-state index contributed by atoms with van der Waals surface area (Å²) in [5, 5.41) is 0. The van der Waals surface area contributed by atoms with Crippen LogP contribution >= 0.6 is 22.6 Å². The predicted molar refractivity (Wildman–Crippen MR) is 74.7 cm³/mol. The van der Waals surface area contributed by atoms with E-state index in [9.17, 15) is 8.78 Å². The molecule has 18 heavy (non-hydrogen) atoms. The van der Waals surface area contributed by atoms with E-state index < -0.39 is 17.7 Å². The number of rotatable bonds is 3. The Balaban J connectivity index is 2.49. The van der Waals surface area contributed by atoms with Gasteiger partial charge in [0.25, 0.3) is 0 Å². The average molecular weight is 360 g/mol. The van der Waals surface area contributed by atoms with Gasteiger partial charge in [-0.1, -0.05) is 24.3 Å². The van der Waals surface area contributed by atoms with Crippen molar-refractivity contribution in [3.63, 3.8) is 0 Å². The van der Waals surface area contributed by atoms with E-state index in [1.165, 1.54) is 12.1 Å². The molecule has 1 unspecified atom stereocenters. The van der Waals surface area contributed by atoms with Crippen molar-refractivity contribution in [1.82, 2.24) is 5.43 Å². The second-order valence-corrected chi connectivity index (χ2v) is 5.04. The zero-order chi connectivity index (χ0) is 13.1. The van der Waals surface area contributed by atoms with Crippen molar-refractivity contribution in [3.8, 4) is 0 Å². The highest BCUT2D eigenvalue weighted by molar-refractivity contribution is 14.1. The lowest BCUT2D eigenvalue weighted by molar-refractivity contribution is 0.483. The molecule has 0 saturated heterocycles. The Morgan fingerprint density at radius 2 is 1.83 bits per heavy atom. The summed E-state index contributed by atoms with van der Waals surface area (Å²) in [5.74, 6) is 3.71. The smallest absolute Gasteiger partial charge is 0.163 e. The summed E-state index contributed by atoms with van der Waals surface area (Å²) < 4.78 is 28.0. The topological polar surface area (TPSA) is 38.0 Å². The Kier molecular flexibility index (Phi) is 4.26. The largest absolute Gasteiger partial charge is 0.271 e. The van der Waals surface area contributed by atoms with Crippen LogP contribution in [0.25, 0.3) is 0 Å². The van der Waals surface area contributed by atoms with E-state index in [1.807, 2.05) is 24.3 Å². The van der Waals surface area contributed by atoms with Gasteiger partial charge in [0.2, 0.25) is 0 Å². The lowest BCUT2D eigenvalue weighted by Gasteiger charge is -2.18. The van der Waals surface area contributed by atoms with E-state index in [0.29, 0.717) is 0 Å². The van der Waals surface area contributed by atoms with Crippen LogP contribution in [0.4, 0.5) is 8.78 Å². The van der Waals surface area contributed by atoms with Crippen LogP contribution in [-0.2, 0) is 0 Å². The Morgan fingerprint density at radius 1 is 1.11 bits per heavy atom. The quantitative estimate of drug-likeness (QED) is 0.502. The van der Waals surface area contributed by atoms with E-state index in [0.717, 1.165) is 15.2 Å². The zero-order valence-corrected chi connectivity index (χ0v) is 11.5. The van der Waals surface area contributed by atoms with Crippen molar-refractivity contribution in [2.75, 3.05) is 0 Å². The molecule has 0 aliphatic carbocycles. The van der Waals surface area contributed by atoms with Crippen molar-refractivity contribution >= 4 is 22.6 Å². The van der Waals surface area contributed by atoms with Crippen LogP contribution in [0.1, 0.15) is 17.2 Å².